The SMILES string of the molecule is C[C@H](NC(=O)c1ncc(-c2ccccc2)s1)C(=O)N1CCC[C@H]1C(=O)N[C@@H](CCCN=C(N)N)C(=O)CF. The molecule has 2 heterocycles. The number of alkyl halides is 1. The van der Waals surface area contributed by atoms with Gasteiger partial charge in [-0.2, -0.15) is 0 Å². The number of aromatic nitrogens is 1. The van der Waals surface area contributed by atoms with Crippen molar-refractivity contribution in [3.05, 3.63) is 41.5 Å². The smallest absolute Gasteiger partial charge is 0.280 e. The van der Waals surface area contributed by atoms with Crippen LogP contribution in [0.15, 0.2) is 41.5 Å². The van der Waals surface area contributed by atoms with Crippen molar-refractivity contribution in [3.8, 4) is 10.4 Å². The van der Waals surface area contributed by atoms with E-state index in [2.05, 4.69) is 20.6 Å². The van der Waals surface area contributed by atoms with E-state index >= 15 is 0 Å². The van der Waals surface area contributed by atoms with Crippen LogP contribution < -0.4 is 22.1 Å². The number of hydrogen-bond acceptors (Lipinski definition) is 7. The molecule has 0 saturated carbocycles. The number of Topliss-reactive ketones (excluding diaryl/α,β-unsaturated/α-hetero) is 1. The zero-order valence-electron chi connectivity index (χ0n) is 21.1. The molecule has 1 aliphatic heterocycles. The van der Waals surface area contributed by atoms with Crippen LogP contribution in [0, 0.1) is 0 Å². The highest BCUT2D eigenvalue weighted by Gasteiger charge is 2.37. The van der Waals surface area contributed by atoms with Gasteiger partial charge in [0.05, 0.1) is 10.9 Å². The number of rotatable bonds is 12. The second kappa shape index (κ2) is 13.6. The molecule has 1 aromatic heterocycles. The number of amides is 3. The van der Waals surface area contributed by atoms with E-state index in [-0.39, 0.29) is 23.9 Å². The summed E-state index contributed by atoms with van der Waals surface area (Å²) in [6, 6.07) is 6.69. The Morgan fingerprint density at radius 2 is 1.95 bits per heavy atom. The highest BCUT2D eigenvalue weighted by atomic mass is 32.1. The lowest BCUT2D eigenvalue weighted by molar-refractivity contribution is -0.140. The van der Waals surface area contributed by atoms with Crippen LogP contribution >= 0.6 is 11.3 Å². The largest absolute Gasteiger partial charge is 0.370 e. The molecule has 1 fully saturated rings. The monoisotopic (exact) mass is 545 g/mol. The Bertz CT molecular complexity index is 1170. The standard InChI is InChI=1S/C25H32FN7O4S/c1-15(31-22(36)23-30-14-20(38-23)16-7-3-2-4-8-16)24(37)33-12-6-10-18(33)21(35)32-17(19(34)13-26)9-5-11-29-25(27)28/h2-4,7-8,14-15,17-18H,5-6,9-13H2,1H3,(H,31,36)(H,32,35)(H4,27,28,29)/t15-,17-,18-/m0/s1. The summed E-state index contributed by atoms with van der Waals surface area (Å²) in [6.45, 7) is 0.856. The summed E-state index contributed by atoms with van der Waals surface area (Å²) in [5, 5.41) is 5.45. The number of ketones is 1. The van der Waals surface area contributed by atoms with E-state index < -0.39 is 48.3 Å². The average Bonchev–Trinajstić information content (AvgIpc) is 3.60. The lowest BCUT2D eigenvalue weighted by Gasteiger charge is -2.28. The van der Waals surface area contributed by atoms with Gasteiger partial charge >= 0.3 is 0 Å². The maximum absolute atomic E-state index is 13.2. The van der Waals surface area contributed by atoms with Gasteiger partial charge in [0, 0.05) is 19.3 Å². The minimum absolute atomic E-state index is 0.102. The molecular weight excluding hydrogens is 513 g/mol. The van der Waals surface area contributed by atoms with Crippen LogP contribution in [-0.4, -0.2) is 77.2 Å². The zero-order chi connectivity index (χ0) is 27.7. The molecule has 3 amide bonds. The van der Waals surface area contributed by atoms with Crippen molar-refractivity contribution in [1.82, 2.24) is 20.5 Å². The van der Waals surface area contributed by atoms with E-state index in [0.717, 1.165) is 10.4 Å². The molecule has 11 nitrogen and oxygen atoms in total. The Morgan fingerprint density at radius 3 is 2.63 bits per heavy atom. The molecule has 2 aromatic rings. The molecular formula is C25H32FN7O4S. The van der Waals surface area contributed by atoms with Gasteiger partial charge in [-0.25, -0.2) is 9.37 Å². The maximum atomic E-state index is 13.2. The first-order valence-electron chi connectivity index (χ1n) is 12.3. The van der Waals surface area contributed by atoms with Crippen LogP contribution in [0.5, 0.6) is 0 Å². The molecule has 1 aliphatic rings. The molecule has 0 unspecified atom stereocenters. The quantitative estimate of drug-likeness (QED) is 0.175. The number of carbonyl (C=O) groups is 4. The van der Waals surface area contributed by atoms with Gasteiger partial charge in [0.1, 0.15) is 18.8 Å². The summed E-state index contributed by atoms with van der Waals surface area (Å²) in [4.78, 5) is 61.1. The van der Waals surface area contributed by atoms with Gasteiger partial charge in [0.2, 0.25) is 11.8 Å². The topological polar surface area (TPSA) is 173 Å². The van der Waals surface area contributed by atoms with Crippen LogP contribution in [0.1, 0.15) is 42.4 Å². The van der Waals surface area contributed by atoms with Gasteiger partial charge in [0.15, 0.2) is 16.8 Å². The lowest BCUT2D eigenvalue weighted by Crippen LogP contribution is -2.54. The van der Waals surface area contributed by atoms with Crippen molar-refractivity contribution in [1.29, 1.82) is 0 Å². The molecule has 0 radical (unpaired) electrons. The lowest BCUT2D eigenvalue weighted by atomic mass is 10.1. The first-order valence-corrected chi connectivity index (χ1v) is 13.1. The molecule has 204 valence electrons. The third-order valence-electron chi connectivity index (χ3n) is 6.10. The average molecular weight is 546 g/mol. The number of carbonyl (C=O) groups excluding carboxylic acids is 4. The Balaban J connectivity index is 1.59. The zero-order valence-corrected chi connectivity index (χ0v) is 21.9. The number of likely N-dealkylation sites (tertiary alicyclic amines) is 1. The Morgan fingerprint density at radius 1 is 1.21 bits per heavy atom. The number of hydrogen-bond donors (Lipinski definition) is 4. The highest BCUT2D eigenvalue weighted by molar-refractivity contribution is 7.17. The van der Waals surface area contributed by atoms with E-state index in [1.807, 2.05) is 30.3 Å². The number of nitrogens with two attached hydrogens (primary N) is 2. The van der Waals surface area contributed by atoms with E-state index in [4.69, 9.17) is 11.5 Å². The van der Waals surface area contributed by atoms with Crippen molar-refractivity contribution in [2.45, 2.75) is 50.7 Å². The second-order valence-electron chi connectivity index (χ2n) is 8.89. The number of benzene rings is 1. The van der Waals surface area contributed by atoms with Gasteiger partial charge in [-0.1, -0.05) is 30.3 Å². The van der Waals surface area contributed by atoms with Crippen molar-refractivity contribution < 1.29 is 23.6 Å². The third-order valence-corrected chi connectivity index (χ3v) is 7.14. The van der Waals surface area contributed by atoms with Crippen LogP contribution in [0.4, 0.5) is 4.39 Å². The maximum Gasteiger partial charge on any atom is 0.280 e. The fourth-order valence-electron chi connectivity index (χ4n) is 4.17. The molecule has 6 N–H and O–H groups in total. The number of guanidine groups is 1. The van der Waals surface area contributed by atoms with Gasteiger partial charge < -0.3 is 27.0 Å². The summed E-state index contributed by atoms with van der Waals surface area (Å²) in [7, 11) is 0. The molecule has 1 saturated heterocycles. The Kier molecular flexibility index (Phi) is 10.3. The number of nitrogens with one attached hydrogen (secondary N) is 2. The number of halogens is 1. The van der Waals surface area contributed by atoms with Gasteiger partial charge in [0.25, 0.3) is 5.91 Å². The number of nitrogens with zero attached hydrogens (tertiary/aromatic N) is 3. The predicted molar refractivity (Wildman–Crippen MR) is 142 cm³/mol. The Hall–Kier alpha value is -3.87. The summed E-state index contributed by atoms with van der Waals surface area (Å²) in [6.07, 6.45) is 3.07. The number of thiazole rings is 1. The van der Waals surface area contributed by atoms with Gasteiger partial charge in [-0.15, -0.1) is 11.3 Å². The van der Waals surface area contributed by atoms with Crippen molar-refractivity contribution in [2.24, 2.45) is 16.5 Å². The summed E-state index contributed by atoms with van der Waals surface area (Å²) in [5.41, 5.74) is 11.5. The highest BCUT2D eigenvalue weighted by Crippen LogP contribution is 2.26. The molecule has 0 spiro atoms. The Labute approximate surface area is 223 Å². The molecule has 3 atom stereocenters. The molecule has 3 rings (SSSR count). The minimum atomic E-state index is -1.23. The van der Waals surface area contributed by atoms with Crippen molar-refractivity contribution in [3.63, 3.8) is 0 Å². The molecule has 13 heteroatoms. The van der Waals surface area contributed by atoms with E-state index in [0.29, 0.717) is 25.8 Å². The van der Waals surface area contributed by atoms with E-state index in [9.17, 15) is 23.6 Å². The van der Waals surface area contributed by atoms with Gasteiger partial charge in [-0.3, -0.25) is 24.2 Å². The van der Waals surface area contributed by atoms with Crippen molar-refractivity contribution in [2.75, 3.05) is 19.8 Å². The van der Waals surface area contributed by atoms with Crippen LogP contribution in [-0.2, 0) is 14.4 Å². The molecule has 38 heavy (non-hydrogen) atoms. The first-order chi connectivity index (χ1) is 18.2. The molecule has 1 aromatic carbocycles. The predicted octanol–water partition coefficient (Wildman–Crippen LogP) is 0.996. The fraction of sp³-hybridized carbons (Fsp3) is 0.440. The summed E-state index contributed by atoms with van der Waals surface area (Å²) in [5.74, 6) is -2.34. The first kappa shape index (κ1) is 28.7. The summed E-state index contributed by atoms with van der Waals surface area (Å²) >= 11 is 1.21. The van der Waals surface area contributed by atoms with Crippen molar-refractivity contribution >= 4 is 40.8 Å². The third kappa shape index (κ3) is 7.57. The summed E-state index contributed by atoms with van der Waals surface area (Å²) < 4.78 is 13.1. The van der Waals surface area contributed by atoms with Crippen LogP contribution in [0.25, 0.3) is 10.4 Å². The van der Waals surface area contributed by atoms with Crippen LogP contribution in [0.2, 0.25) is 0 Å². The molecule has 0 bridgehead atoms. The normalized spacial score (nSPS) is 16.4. The fourth-order valence-corrected chi connectivity index (χ4v) is 4.99. The van der Waals surface area contributed by atoms with Gasteiger partial charge in [-0.05, 0) is 38.2 Å². The number of aliphatic imine (C=N–C) groups is 1. The molecule has 0 aliphatic carbocycles. The van der Waals surface area contributed by atoms with Crippen LogP contribution in [0.3, 0.4) is 0 Å². The minimum Gasteiger partial charge on any atom is -0.370 e. The van der Waals surface area contributed by atoms with E-state index in [1.165, 1.54) is 16.2 Å². The second-order valence-corrected chi connectivity index (χ2v) is 9.92. The van der Waals surface area contributed by atoms with E-state index in [1.54, 1.807) is 13.1 Å².